The van der Waals surface area contributed by atoms with Crippen molar-refractivity contribution in [2.75, 3.05) is 6.54 Å². The predicted molar refractivity (Wildman–Crippen MR) is 100.0 cm³/mol. The van der Waals surface area contributed by atoms with Gasteiger partial charge in [-0.2, -0.15) is 0 Å². The van der Waals surface area contributed by atoms with E-state index >= 15 is 0 Å². The molecule has 0 spiro atoms. The Kier molecular flexibility index (Phi) is 5.77. The minimum Gasteiger partial charge on any atom is -0.387 e. The number of hydrogen-bond acceptors (Lipinski definition) is 2. The average Bonchev–Trinajstić information content (AvgIpc) is 2.68. The molecule has 0 saturated carbocycles. The van der Waals surface area contributed by atoms with Gasteiger partial charge in [0, 0.05) is 6.54 Å². The molecule has 0 aromatic heterocycles. The third-order valence-electron chi connectivity index (χ3n) is 4.17. The van der Waals surface area contributed by atoms with Gasteiger partial charge in [-0.1, -0.05) is 66.7 Å². The summed E-state index contributed by atoms with van der Waals surface area (Å²) < 4.78 is 12.9. The Balaban J connectivity index is 1.52. The first-order chi connectivity index (χ1) is 12.6. The predicted octanol–water partition coefficient (Wildman–Crippen LogP) is 3.89. The maximum atomic E-state index is 12.9. The molecule has 0 fully saturated rings. The van der Waals surface area contributed by atoms with Crippen LogP contribution >= 0.6 is 0 Å². The van der Waals surface area contributed by atoms with Crippen LogP contribution in [0.3, 0.4) is 0 Å². The van der Waals surface area contributed by atoms with E-state index in [1.165, 1.54) is 24.3 Å². The molecule has 0 aliphatic carbocycles. The van der Waals surface area contributed by atoms with E-state index in [2.05, 4.69) is 5.32 Å². The third-order valence-corrected chi connectivity index (χ3v) is 4.17. The van der Waals surface area contributed by atoms with E-state index in [4.69, 9.17) is 0 Å². The first kappa shape index (κ1) is 17.8. The molecule has 0 aliphatic rings. The molecule has 0 radical (unpaired) electrons. The summed E-state index contributed by atoms with van der Waals surface area (Å²) >= 11 is 0. The van der Waals surface area contributed by atoms with Crippen LogP contribution in [0, 0.1) is 5.82 Å². The van der Waals surface area contributed by atoms with E-state index in [9.17, 15) is 14.3 Å². The molecule has 0 aliphatic heterocycles. The van der Waals surface area contributed by atoms with Gasteiger partial charge in [0.2, 0.25) is 5.91 Å². The number of carbonyl (C=O) groups is 1. The summed E-state index contributed by atoms with van der Waals surface area (Å²) in [4.78, 5) is 12.1. The van der Waals surface area contributed by atoms with Gasteiger partial charge in [-0.15, -0.1) is 0 Å². The van der Waals surface area contributed by atoms with E-state index < -0.39 is 6.10 Å². The molecular weight excluding hydrogens is 329 g/mol. The Morgan fingerprint density at radius 1 is 0.885 bits per heavy atom. The van der Waals surface area contributed by atoms with E-state index in [1.807, 2.05) is 54.6 Å². The highest BCUT2D eigenvalue weighted by molar-refractivity contribution is 5.79. The number of benzene rings is 3. The van der Waals surface area contributed by atoms with Gasteiger partial charge in [0.15, 0.2) is 0 Å². The van der Waals surface area contributed by atoms with E-state index in [0.29, 0.717) is 5.56 Å². The summed E-state index contributed by atoms with van der Waals surface area (Å²) in [6.07, 6.45) is -0.620. The van der Waals surface area contributed by atoms with Gasteiger partial charge in [0.05, 0.1) is 12.5 Å². The zero-order valence-corrected chi connectivity index (χ0v) is 14.2. The summed E-state index contributed by atoms with van der Waals surface area (Å²) in [5.74, 6) is -0.525. The second-order valence-electron chi connectivity index (χ2n) is 6.11. The number of nitrogens with one attached hydrogen (secondary N) is 1. The first-order valence-electron chi connectivity index (χ1n) is 8.46. The standard InChI is InChI=1S/C22H20FNO2/c23-20-12-10-19(11-13-20)21(25)15-24-22(26)14-16-6-8-18(9-7-16)17-4-2-1-3-5-17/h1-13,21,25H,14-15H2,(H,24,26). The molecule has 26 heavy (non-hydrogen) atoms. The van der Waals surface area contributed by atoms with Crippen molar-refractivity contribution in [2.24, 2.45) is 0 Å². The zero-order valence-electron chi connectivity index (χ0n) is 14.2. The van der Waals surface area contributed by atoms with Gasteiger partial charge >= 0.3 is 0 Å². The molecule has 0 bridgehead atoms. The largest absolute Gasteiger partial charge is 0.387 e. The normalized spacial score (nSPS) is 11.8. The molecule has 1 amide bonds. The molecule has 3 aromatic rings. The lowest BCUT2D eigenvalue weighted by Gasteiger charge is -2.12. The fourth-order valence-electron chi connectivity index (χ4n) is 2.71. The van der Waals surface area contributed by atoms with Crippen LogP contribution in [0.25, 0.3) is 11.1 Å². The quantitative estimate of drug-likeness (QED) is 0.709. The molecule has 1 unspecified atom stereocenters. The summed E-state index contributed by atoms with van der Waals surface area (Å²) in [5, 5.41) is 12.8. The highest BCUT2D eigenvalue weighted by Crippen LogP contribution is 2.19. The van der Waals surface area contributed by atoms with Gasteiger partial charge in [-0.25, -0.2) is 4.39 Å². The van der Waals surface area contributed by atoms with Gasteiger partial charge in [0.25, 0.3) is 0 Å². The van der Waals surface area contributed by atoms with Crippen molar-refractivity contribution in [3.8, 4) is 11.1 Å². The number of aliphatic hydroxyl groups is 1. The lowest BCUT2D eigenvalue weighted by atomic mass is 10.0. The van der Waals surface area contributed by atoms with Crippen LogP contribution in [0.4, 0.5) is 4.39 Å². The van der Waals surface area contributed by atoms with Crippen LogP contribution in [0.1, 0.15) is 17.2 Å². The topological polar surface area (TPSA) is 49.3 Å². The molecule has 0 saturated heterocycles. The first-order valence-corrected chi connectivity index (χ1v) is 8.46. The van der Waals surface area contributed by atoms with Crippen molar-refractivity contribution >= 4 is 5.91 Å². The van der Waals surface area contributed by atoms with E-state index in [-0.39, 0.29) is 24.7 Å². The van der Waals surface area contributed by atoms with Crippen LogP contribution in [0.5, 0.6) is 0 Å². The Bertz CT molecular complexity index is 846. The Labute approximate surface area is 152 Å². The zero-order chi connectivity index (χ0) is 18.4. The molecular formula is C22H20FNO2. The second-order valence-corrected chi connectivity index (χ2v) is 6.11. The van der Waals surface area contributed by atoms with Gasteiger partial charge in [0.1, 0.15) is 5.82 Å². The lowest BCUT2D eigenvalue weighted by molar-refractivity contribution is -0.120. The maximum absolute atomic E-state index is 12.9. The van der Waals surface area contributed by atoms with Crippen LogP contribution in [-0.4, -0.2) is 17.6 Å². The summed E-state index contributed by atoms with van der Waals surface area (Å²) in [6, 6.07) is 23.5. The van der Waals surface area contributed by atoms with Crippen LogP contribution in [-0.2, 0) is 11.2 Å². The van der Waals surface area contributed by atoms with Crippen LogP contribution in [0.15, 0.2) is 78.9 Å². The van der Waals surface area contributed by atoms with E-state index in [0.717, 1.165) is 16.7 Å². The van der Waals surface area contributed by atoms with Crippen LogP contribution in [0.2, 0.25) is 0 Å². The Morgan fingerprint density at radius 2 is 1.50 bits per heavy atom. The highest BCUT2D eigenvalue weighted by atomic mass is 19.1. The second kappa shape index (κ2) is 8.41. The van der Waals surface area contributed by atoms with E-state index in [1.54, 1.807) is 0 Å². The Morgan fingerprint density at radius 3 is 2.15 bits per heavy atom. The van der Waals surface area contributed by atoms with Gasteiger partial charge in [-0.3, -0.25) is 4.79 Å². The smallest absolute Gasteiger partial charge is 0.224 e. The number of rotatable bonds is 6. The minimum absolute atomic E-state index is 0.0898. The Hall–Kier alpha value is -2.98. The van der Waals surface area contributed by atoms with Gasteiger partial charge < -0.3 is 10.4 Å². The van der Waals surface area contributed by atoms with Crippen LogP contribution < -0.4 is 5.32 Å². The summed E-state index contributed by atoms with van der Waals surface area (Å²) in [7, 11) is 0. The number of halogens is 1. The molecule has 2 N–H and O–H groups in total. The molecule has 3 rings (SSSR count). The average molecular weight is 349 g/mol. The van der Waals surface area contributed by atoms with Crippen molar-refractivity contribution in [1.82, 2.24) is 5.32 Å². The van der Waals surface area contributed by atoms with Gasteiger partial charge in [-0.05, 0) is 34.4 Å². The molecule has 3 aromatic carbocycles. The van der Waals surface area contributed by atoms with Crippen molar-refractivity contribution in [3.63, 3.8) is 0 Å². The monoisotopic (exact) mass is 349 g/mol. The molecule has 1 atom stereocenters. The highest BCUT2D eigenvalue weighted by Gasteiger charge is 2.10. The van der Waals surface area contributed by atoms with Crippen molar-refractivity contribution in [3.05, 3.63) is 95.8 Å². The molecule has 4 heteroatoms. The van der Waals surface area contributed by atoms with Crippen molar-refractivity contribution in [2.45, 2.75) is 12.5 Å². The third kappa shape index (κ3) is 4.77. The lowest BCUT2D eigenvalue weighted by Crippen LogP contribution is -2.29. The van der Waals surface area contributed by atoms with Crippen molar-refractivity contribution in [1.29, 1.82) is 0 Å². The molecule has 0 heterocycles. The number of amides is 1. The number of carbonyl (C=O) groups excluding carboxylic acids is 1. The fourth-order valence-corrected chi connectivity index (χ4v) is 2.71. The number of hydrogen-bond donors (Lipinski definition) is 2. The molecule has 132 valence electrons. The minimum atomic E-state index is -0.861. The maximum Gasteiger partial charge on any atom is 0.224 e. The fraction of sp³-hybridized carbons (Fsp3) is 0.136. The summed E-state index contributed by atoms with van der Waals surface area (Å²) in [5.41, 5.74) is 3.70. The summed E-state index contributed by atoms with van der Waals surface area (Å²) in [6.45, 7) is 0.0898. The molecule has 3 nitrogen and oxygen atoms in total. The van der Waals surface area contributed by atoms with Crippen molar-refractivity contribution < 1.29 is 14.3 Å². The number of aliphatic hydroxyl groups excluding tert-OH is 1. The SMILES string of the molecule is O=C(Cc1ccc(-c2ccccc2)cc1)NCC(O)c1ccc(F)cc1.